The van der Waals surface area contributed by atoms with E-state index >= 15 is 0 Å². The highest BCUT2D eigenvalue weighted by molar-refractivity contribution is 7.13. The van der Waals surface area contributed by atoms with E-state index in [2.05, 4.69) is 10.3 Å². The topological polar surface area (TPSA) is 60.5 Å². The monoisotopic (exact) mass is 258 g/mol. The van der Waals surface area contributed by atoms with Crippen molar-refractivity contribution in [2.75, 3.05) is 25.6 Å². The van der Waals surface area contributed by atoms with E-state index in [-0.39, 0.29) is 11.6 Å². The molecule has 0 atom stereocenters. The summed E-state index contributed by atoms with van der Waals surface area (Å²) in [6.07, 6.45) is 0. The van der Waals surface area contributed by atoms with Crippen LogP contribution >= 0.6 is 11.3 Å². The van der Waals surface area contributed by atoms with Crippen molar-refractivity contribution in [3.05, 3.63) is 11.1 Å². The van der Waals surface area contributed by atoms with Gasteiger partial charge in [0.25, 0.3) is 0 Å². The van der Waals surface area contributed by atoms with Crippen LogP contribution in [0.2, 0.25) is 0 Å². The van der Waals surface area contributed by atoms with Crippen LogP contribution in [-0.2, 0) is 9.47 Å². The van der Waals surface area contributed by atoms with Gasteiger partial charge in [-0.15, -0.1) is 11.3 Å². The first-order valence-corrected chi connectivity index (χ1v) is 6.28. The van der Waals surface area contributed by atoms with Gasteiger partial charge in [0.2, 0.25) is 0 Å². The molecule has 0 saturated heterocycles. The summed E-state index contributed by atoms with van der Waals surface area (Å²) in [4.78, 5) is 15.5. The number of hydrogen-bond donors (Lipinski definition) is 1. The largest absolute Gasteiger partial charge is 0.461 e. The van der Waals surface area contributed by atoms with Crippen LogP contribution in [0, 0.1) is 0 Å². The van der Waals surface area contributed by atoms with E-state index in [4.69, 9.17) is 9.47 Å². The fraction of sp³-hybridized carbons (Fsp3) is 0.636. The van der Waals surface area contributed by atoms with Gasteiger partial charge in [-0.25, -0.2) is 9.78 Å². The lowest BCUT2D eigenvalue weighted by Gasteiger charge is -2.22. The minimum Gasteiger partial charge on any atom is -0.461 e. The number of ether oxygens (including phenoxy) is 2. The number of aromatic nitrogens is 1. The van der Waals surface area contributed by atoms with Gasteiger partial charge in [-0.3, -0.25) is 0 Å². The first kappa shape index (κ1) is 13.9. The maximum atomic E-state index is 11.4. The highest BCUT2D eigenvalue weighted by Crippen LogP contribution is 2.17. The number of nitrogens with zero attached hydrogens (tertiary/aromatic N) is 1. The molecule has 96 valence electrons. The van der Waals surface area contributed by atoms with Gasteiger partial charge in [0, 0.05) is 19.0 Å². The van der Waals surface area contributed by atoms with Crippen molar-refractivity contribution < 1.29 is 14.3 Å². The molecule has 0 unspecified atom stereocenters. The van der Waals surface area contributed by atoms with Crippen LogP contribution in [0.3, 0.4) is 0 Å². The van der Waals surface area contributed by atoms with Gasteiger partial charge in [-0.1, -0.05) is 0 Å². The van der Waals surface area contributed by atoms with Crippen LogP contribution in [0.15, 0.2) is 5.38 Å². The number of thiazole rings is 1. The zero-order valence-corrected chi connectivity index (χ0v) is 11.4. The summed E-state index contributed by atoms with van der Waals surface area (Å²) in [5, 5.41) is 5.50. The first-order chi connectivity index (χ1) is 7.98. The minimum atomic E-state index is -0.386. The molecular weight excluding hydrogens is 240 g/mol. The maximum absolute atomic E-state index is 11.4. The van der Waals surface area contributed by atoms with Gasteiger partial charge in [0.15, 0.2) is 10.8 Å². The molecule has 0 spiro atoms. The Labute approximate surface area is 105 Å². The Kier molecular flexibility index (Phi) is 4.89. The fourth-order valence-corrected chi connectivity index (χ4v) is 1.69. The van der Waals surface area contributed by atoms with E-state index in [1.807, 2.05) is 13.8 Å². The van der Waals surface area contributed by atoms with Crippen LogP contribution in [-0.4, -0.2) is 36.8 Å². The van der Waals surface area contributed by atoms with Gasteiger partial charge in [0.05, 0.1) is 12.2 Å². The van der Waals surface area contributed by atoms with Crippen molar-refractivity contribution in [1.29, 1.82) is 0 Å². The smallest absolute Gasteiger partial charge is 0.357 e. The molecule has 1 N–H and O–H groups in total. The van der Waals surface area contributed by atoms with Crippen LogP contribution in [0.25, 0.3) is 0 Å². The molecule has 0 aliphatic rings. The van der Waals surface area contributed by atoms with E-state index < -0.39 is 0 Å². The van der Waals surface area contributed by atoms with E-state index in [1.165, 1.54) is 11.3 Å². The fourth-order valence-electron chi connectivity index (χ4n) is 1.01. The molecule has 0 amide bonds. The number of methoxy groups -OCH3 is 1. The van der Waals surface area contributed by atoms with Gasteiger partial charge >= 0.3 is 5.97 Å². The summed E-state index contributed by atoms with van der Waals surface area (Å²) in [5.74, 6) is -0.386. The van der Waals surface area contributed by atoms with E-state index in [0.29, 0.717) is 24.0 Å². The van der Waals surface area contributed by atoms with Crippen LogP contribution in [0.5, 0.6) is 0 Å². The Hall–Kier alpha value is -1.14. The number of hydrogen-bond acceptors (Lipinski definition) is 6. The Balaban J connectivity index is 2.54. The van der Waals surface area contributed by atoms with Gasteiger partial charge in [-0.2, -0.15) is 0 Å². The van der Waals surface area contributed by atoms with E-state index in [1.54, 1.807) is 19.4 Å². The van der Waals surface area contributed by atoms with Gasteiger partial charge < -0.3 is 14.8 Å². The second kappa shape index (κ2) is 5.97. The SMILES string of the molecule is CCOC(=O)c1csc(NCC(C)(C)OC)n1. The van der Waals surface area contributed by atoms with Crippen LogP contribution in [0.1, 0.15) is 31.3 Å². The quantitative estimate of drug-likeness (QED) is 0.792. The van der Waals surface area contributed by atoms with Crippen molar-refractivity contribution in [3.8, 4) is 0 Å². The second-order valence-corrected chi connectivity index (χ2v) is 4.93. The normalized spacial score (nSPS) is 11.3. The molecule has 6 heteroatoms. The molecule has 17 heavy (non-hydrogen) atoms. The third kappa shape index (κ3) is 4.32. The number of carbonyl (C=O) groups excluding carboxylic acids is 1. The number of anilines is 1. The van der Waals surface area contributed by atoms with Crippen molar-refractivity contribution in [1.82, 2.24) is 4.98 Å². The average Bonchev–Trinajstić information content (AvgIpc) is 2.76. The summed E-state index contributed by atoms with van der Waals surface area (Å²) >= 11 is 1.38. The Morgan fingerprint density at radius 3 is 2.88 bits per heavy atom. The number of carbonyl (C=O) groups is 1. The van der Waals surface area contributed by atoms with Crippen molar-refractivity contribution in [2.45, 2.75) is 26.4 Å². The van der Waals surface area contributed by atoms with Gasteiger partial charge in [-0.05, 0) is 20.8 Å². The zero-order valence-electron chi connectivity index (χ0n) is 10.6. The van der Waals surface area contributed by atoms with Crippen LogP contribution < -0.4 is 5.32 Å². The highest BCUT2D eigenvalue weighted by atomic mass is 32.1. The molecule has 1 aromatic rings. The number of nitrogens with one attached hydrogen (secondary N) is 1. The van der Waals surface area contributed by atoms with Crippen LogP contribution in [0.4, 0.5) is 5.13 Å². The molecular formula is C11H18N2O3S. The third-order valence-electron chi connectivity index (χ3n) is 2.21. The maximum Gasteiger partial charge on any atom is 0.357 e. The standard InChI is InChI=1S/C11H18N2O3S/c1-5-16-9(14)8-6-17-10(13-8)12-7-11(2,3)15-4/h6H,5,7H2,1-4H3,(H,12,13). The molecule has 0 aliphatic carbocycles. The number of rotatable bonds is 6. The van der Waals surface area contributed by atoms with E-state index in [0.717, 1.165) is 0 Å². The lowest BCUT2D eigenvalue weighted by atomic mass is 10.1. The molecule has 0 radical (unpaired) electrons. The van der Waals surface area contributed by atoms with E-state index in [9.17, 15) is 4.79 Å². The Bertz CT molecular complexity index is 377. The second-order valence-electron chi connectivity index (χ2n) is 4.08. The molecule has 0 saturated carbocycles. The zero-order chi connectivity index (χ0) is 12.9. The molecule has 0 aliphatic heterocycles. The minimum absolute atomic E-state index is 0.268. The van der Waals surface area contributed by atoms with Crippen molar-refractivity contribution in [3.63, 3.8) is 0 Å². The first-order valence-electron chi connectivity index (χ1n) is 5.40. The summed E-state index contributed by atoms with van der Waals surface area (Å²) in [6.45, 7) is 6.69. The summed E-state index contributed by atoms with van der Waals surface area (Å²) < 4.78 is 10.1. The van der Waals surface area contributed by atoms with Gasteiger partial charge in [0.1, 0.15) is 0 Å². The molecule has 1 heterocycles. The predicted octanol–water partition coefficient (Wildman–Crippen LogP) is 2.16. The molecule has 1 rings (SSSR count). The lowest BCUT2D eigenvalue weighted by molar-refractivity contribution is 0.0344. The predicted molar refractivity (Wildman–Crippen MR) is 67.6 cm³/mol. The Morgan fingerprint density at radius 1 is 1.59 bits per heavy atom. The van der Waals surface area contributed by atoms with Crippen molar-refractivity contribution >= 4 is 22.4 Å². The van der Waals surface area contributed by atoms with Crippen molar-refractivity contribution in [2.24, 2.45) is 0 Å². The molecule has 0 aromatic carbocycles. The summed E-state index contributed by atoms with van der Waals surface area (Å²) in [7, 11) is 1.66. The summed E-state index contributed by atoms with van der Waals surface area (Å²) in [6, 6.07) is 0. The summed E-state index contributed by atoms with van der Waals surface area (Å²) in [5.41, 5.74) is 0.0741. The average molecular weight is 258 g/mol. The highest BCUT2D eigenvalue weighted by Gasteiger charge is 2.17. The number of esters is 1. The Morgan fingerprint density at radius 2 is 2.29 bits per heavy atom. The molecule has 1 aromatic heterocycles. The molecule has 0 fully saturated rings. The third-order valence-corrected chi connectivity index (χ3v) is 3.01. The molecule has 5 nitrogen and oxygen atoms in total. The molecule has 0 bridgehead atoms. The lowest BCUT2D eigenvalue weighted by Crippen LogP contribution is -2.32.